The van der Waals surface area contributed by atoms with Gasteiger partial charge in [-0.05, 0) is 25.8 Å². The Morgan fingerprint density at radius 2 is 2.22 bits per heavy atom. The standard InChI is InChI=1S/C13H22N4S/c1-10-7-12(16(2)15-10)8-17(9-13(14)18)11-5-3-4-6-11/h7,11H,3-6,8-9H2,1-2H3,(H2,14,18). The topological polar surface area (TPSA) is 47.1 Å². The van der Waals surface area contributed by atoms with E-state index in [0.717, 1.165) is 12.2 Å². The first-order chi connectivity index (χ1) is 8.56. The molecule has 1 saturated carbocycles. The summed E-state index contributed by atoms with van der Waals surface area (Å²) in [6.45, 7) is 3.63. The van der Waals surface area contributed by atoms with Crippen molar-refractivity contribution in [1.29, 1.82) is 0 Å². The number of nitrogens with two attached hydrogens (primary N) is 1. The number of thiocarbonyl (C=S) groups is 1. The smallest absolute Gasteiger partial charge is 0.0870 e. The summed E-state index contributed by atoms with van der Waals surface area (Å²) < 4.78 is 1.96. The average molecular weight is 266 g/mol. The largest absolute Gasteiger partial charge is 0.392 e. The van der Waals surface area contributed by atoms with E-state index < -0.39 is 0 Å². The molecule has 0 aromatic carbocycles. The molecule has 0 aliphatic heterocycles. The molecule has 1 aromatic heterocycles. The Kier molecular flexibility index (Phi) is 4.35. The SMILES string of the molecule is Cc1cc(CN(CC(N)=S)C2CCCC2)n(C)n1. The maximum Gasteiger partial charge on any atom is 0.0870 e. The highest BCUT2D eigenvalue weighted by Crippen LogP contribution is 2.24. The Labute approximate surface area is 114 Å². The highest BCUT2D eigenvalue weighted by molar-refractivity contribution is 7.80. The second kappa shape index (κ2) is 5.80. The Hall–Kier alpha value is -0.940. The van der Waals surface area contributed by atoms with Gasteiger partial charge in [0.05, 0.1) is 16.4 Å². The molecule has 0 bridgehead atoms. The summed E-state index contributed by atoms with van der Waals surface area (Å²) in [5.74, 6) is 0. The second-order valence-corrected chi connectivity index (χ2v) is 5.73. The summed E-state index contributed by atoms with van der Waals surface area (Å²) in [7, 11) is 2.00. The van der Waals surface area contributed by atoms with Crippen molar-refractivity contribution in [2.75, 3.05) is 6.54 Å². The van der Waals surface area contributed by atoms with Gasteiger partial charge in [-0.25, -0.2) is 0 Å². The lowest BCUT2D eigenvalue weighted by molar-refractivity contribution is 0.213. The molecule has 5 heteroatoms. The van der Waals surface area contributed by atoms with Crippen molar-refractivity contribution in [3.05, 3.63) is 17.5 Å². The zero-order valence-corrected chi connectivity index (χ0v) is 12.0. The lowest BCUT2D eigenvalue weighted by Crippen LogP contribution is -2.39. The van der Waals surface area contributed by atoms with E-state index in [1.165, 1.54) is 31.4 Å². The van der Waals surface area contributed by atoms with Crippen LogP contribution in [0.25, 0.3) is 0 Å². The molecule has 18 heavy (non-hydrogen) atoms. The number of rotatable bonds is 5. The van der Waals surface area contributed by atoms with Crippen molar-refractivity contribution in [3.63, 3.8) is 0 Å². The molecule has 1 aliphatic rings. The minimum atomic E-state index is 0.584. The molecule has 1 fully saturated rings. The Bertz CT molecular complexity index is 421. The minimum absolute atomic E-state index is 0.584. The first-order valence-electron chi connectivity index (χ1n) is 6.58. The number of aryl methyl sites for hydroxylation is 2. The van der Waals surface area contributed by atoms with Gasteiger partial charge >= 0.3 is 0 Å². The van der Waals surface area contributed by atoms with Gasteiger partial charge < -0.3 is 5.73 Å². The first-order valence-corrected chi connectivity index (χ1v) is 6.99. The summed E-state index contributed by atoms with van der Waals surface area (Å²) in [6, 6.07) is 2.77. The fourth-order valence-corrected chi connectivity index (χ4v) is 2.97. The van der Waals surface area contributed by atoms with Gasteiger partial charge in [-0.2, -0.15) is 5.10 Å². The normalized spacial score (nSPS) is 16.6. The van der Waals surface area contributed by atoms with Gasteiger partial charge in [-0.1, -0.05) is 25.1 Å². The molecule has 0 saturated heterocycles. The van der Waals surface area contributed by atoms with Crippen LogP contribution in [-0.2, 0) is 13.6 Å². The molecule has 0 radical (unpaired) electrons. The molecule has 2 rings (SSSR count). The Morgan fingerprint density at radius 3 is 2.72 bits per heavy atom. The van der Waals surface area contributed by atoms with E-state index in [0.29, 0.717) is 17.6 Å². The quantitative estimate of drug-likeness (QED) is 0.825. The van der Waals surface area contributed by atoms with Crippen molar-refractivity contribution in [1.82, 2.24) is 14.7 Å². The summed E-state index contributed by atoms with van der Waals surface area (Å²) in [5.41, 5.74) is 8.02. The van der Waals surface area contributed by atoms with Crippen LogP contribution in [0.15, 0.2) is 6.07 Å². The molecule has 100 valence electrons. The molecule has 1 aliphatic carbocycles. The Morgan fingerprint density at radius 1 is 1.56 bits per heavy atom. The van der Waals surface area contributed by atoms with Gasteiger partial charge in [0.1, 0.15) is 0 Å². The molecule has 0 spiro atoms. The number of hydrogen-bond donors (Lipinski definition) is 1. The maximum absolute atomic E-state index is 5.73. The van der Waals surface area contributed by atoms with Crippen LogP contribution in [0.1, 0.15) is 37.1 Å². The average Bonchev–Trinajstić information content (AvgIpc) is 2.87. The number of nitrogens with zero attached hydrogens (tertiary/aromatic N) is 3. The first kappa shape index (κ1) is 13.5. The van der Waals surface area contributed by atoms with Crippen molar-refractivity contribution in [2.45, 2.75) is 45.2 Å². The lowest BCUT2D eigenvalue weighted by atomic mass is 10.2. The van der Waals surface area contributed by atoms with Crippen LogP contribution in [0.3, 0.4) is 0 Å². The van der Waals surface area contributed by atoms with E-state index in [1.807, 2.05) is 18.7 Å². The van der Waals surface area contributed by atoms with E-state index in [4.69, 9.17) is 18.0 Å². The predicted molar refractivity (Wildman–Crippen MR) is 77.4 cm³/mol. The minimum Gasteiger partial charge on any atom is -0.392 e. The summed E-state index contributed by atoms with van der Waals surface area (Å²) in [4.78, 5) is 2.99. The monoisotopic (exact) mass is 266 g/mol. The third-order valence-electron chi connectivity index (χ3n) is 3.66. The molecule has 0 atom stereocenters. The van der Waals surface area contributed by atoms with Crippen molar-refractivity contribution >= 4 is 17.2 Å². The van der Waals surface area contributed by atoms with Crippen LogP contribution in [0.5, 0.6) is 0 Å². The molecular formula is C13H22N4S. The van der Waals surface area contributed by atoms with Gasteiger partial charge in [0.25, 0.3) is 0 Å². The van der Waals surface area contributed by atoms with E-state index >= 15 is 0 Å². The summed E-state index contributed by atoms with van der Waals surface area (Å²) in [5, 5.41) is 4.40. The third-order valence-corrected chi connectivity index (χ3v) is 3.79. The van der Waals surface area contributed by atoms with Gasteiger partial charge in [0.15, 0.2) is 0 Å². The zero-order chi connectivity index (χ0) is 13.1. The van der Waals surface area contributed by atoms with E-state index in [9.17, 15) is 0 Å². The van der Waals surface area contributed by atoms with Gasteiger partial charge in [0.2, 0.25) is 0 Å². The van der Waals surface area contributed by atoms with E-state index in [2.05, 4.69) is 16.1 Å². The van der Waals surface area contributed by atoms with Crippen molar-refractivity contribution < 1.29 is 0 Å². The van der Waals surface area contributed by atoms with Crippen molar-refractivity contribution in [3.8, 4) is 0 Å². The molecule has 2 N–H and O–H groups in total. The fourth-order valence-electron chi connectivity index (χ4n) is 2.80. The highest BCUT2D eigenvalue weighted by atomic mass is 32.1. The van der Waals surface area contributed by atoms with Crippen LogP contribution in [0.2, 0.25) is 0 Å². The summed E-state index contributed by atoms with van der Waals surface area (Å²) >= 11 is 5.08. The molecular weight excluding hydrogens is 244 g/mol. The van der Waals surface area contributed by atoms with E-state index in [1.54, 1.807) is 0 Å². The fraction of sp³-hybridized carbons (Fsp3) is 0.692. The second-order valence-electron chi connectivity index (χ2n) is 5.21. The van der Waals surface area contributed by atoms with Crippen LogP contribution >= 0.6 is 12.2 Å². The van der Waals surface area contributed by atoms with E-state index in [-0.39, 0.29) is 0 Å². The summed E-state index contributed by atoms with van der Waals surface area (Å²) in [6.07, 6.45) is 5.17. The molecule has 1 heterocycles. The zero-order valence-electron chi connectivity index (χ0n) is 11.2. The molecule has 0 amide bonds. The highest BCUT2D eigenvalue weighted by Gasteiger charge is 2.23. The number of aromatic nitrogens is 2. The van der Waals surface area contributed by atoms with Crippen LogP contribution in [0, 0.1) is 6.92 Å². The van der Waals surface area contributed by atoms with Crippen LogP contribution < -0.4 is 5.73 Å². The third kappa shape index (κ3) is 3.29. The van der Waals surface area contributed by atoms with Gasteiger partial charge in [-0.15, -0.1) is 0 Å². The lowest BCUT2D eigenvalue weighted by Gasteiger charge is -2.28. The molecule has 0 unspecified atom stereocenters. The van der Waals surface area contributed by atoms with Gasteiger partial charge in [-0.3, -0.25) is 9.58 Å². The molecule has 4 nitrogen and oxygen atoms in total. The molecule has 1 aromatic rings. The van der Waals surface area contributed by atoms with Gasteiger partial charge in [0, 0.05) is 26.2 Å². The van der Waals surface area contributed by atoms with Crippen LogP contribution in [-0.4, -0.2) is 32.3 Å². The predicted octanol–water partition coefficient (Wildman–Crippen LogP) is 1.76. The Balaban J connectivity index is 2.08. The number of hydrogen-bond acceptors (Lipinski definition) is 3. The van der Waals surface area contributed by atoms with Crippen LogP contribution in [0.4, 0.5) is 0 Å². The van der Waals surface area contributed by atoms with Crippen molar-refractivity contribution in [2.24, 2.45) is 12.8 Å². The maximum atomic E-state index is 5.73.